The number of alkyl carbamates (subject to hydrolysis) is 1. The van der Waals surface area contributed by atoms with Gasteiger partial charge in [-0.3, -0.25) is 20.2 Å². The Bertz CT molecular complexity index is 1070. The van der Waals surface area contributed by atoms with E-state index in [1.54, 1.807) is 0 Å². The number of ether oxygens (including phenoxy) is 3. The normalized spacial score (nSPS) is 22.3. The number of azide groups is 1. The van der Waals surface area contributed by atoms with Crippen LogP contribution in [0, 0.1) is 10.1 Å². The minimum atomic E-state index is -1.59. The van der Waals surface area contributed by atoms with Gasteiger partial charge in [0.15, 0.2) is 6.10 Å². The number of nitrogens with zero attached hydrogens (tertiary/aromatic N) is 4. The van der Waals surface area contributed by atoms with E-state index in [1.807, 2.05) is 0 Å². The lowest BCUT2D eigenvalue weighted by atomic mass is 9.97. The molecule has 1 aliphatic rings. The Labute approximate surface area is 220 Å². The van der Waals surface area contributed by atoms with Gasteiger partial charge in [0.2, 0.25) is 5.91 Å². The number of carbonyl (C=O) groups excluding carboxylic acids is 3. The SMILES string of the molecule is C=CCOC(=O)N[C@@H]1[C@@H](OC(=O)Nc2ccccc2[N+](=O)[O-])[C@@H](O)[C@@H](CN=[N+]=[N-])O[C@@H]1SCCCC(N)=O. The number of amides is 3. The van der Waals surface area contributed by atoms with E-state index in [0.717, 1.165) is 11.8 Å². The predicted octanol–water partition coefficient (Wildman–Crippen LogP) is 2.19. The van der Waals surface area contributed by atoms with Crippen molar-refractivity contribution in [3.63, 3.8) is 0 Å². The summed E-state index contributed by atoms with van der Waals surface area (Å²) in [6, 6.07) is 4.13. The van der Waals surface area contributed by atoms with E-state index >= 15 is 0 Å². The second-order valence-corrected chi connectivity index (χ2v) is 8.92. The lowest BCUT2D eigenvalue weighted by Gasteiger charge is -2.43. The van der Waals surface area contributed by atoms with Gasteiger partial charge in [-0.1, -0.05) is 29.9 Å². The fourth-order valence-electron chi connectivity index (χ4n) is 3.38. The molecule has 0 saturated carbocycles. The number of anilines is 1. The summed E-state index contributed by atoms with van der Waals surface area (Å²) in [6.07, 6.45) is -4.55. The van der Waals surface area contributed by atoms with Gasteiger partial charge in [-0.2, -0.15) is 0 Å². The van der Waals surface area contributed by atoms with Crippen LogP contribution in [0.3, 0.4) is 0 Å². The van der Waals surface area contributed by atoms with Crippen LogP contribution in [0.5, 0.6) is 0 Å². The third-order valence-corrected chi connectivity index (χ3v) is 6.30. The molecule has 0 aromatic heterocycles. The number of nitro benzene ring substituents is 1. The van der Waals surface area contributed by atoms with Gasteiger partial charge >= 0.3 is 12.2 Å². The molecule has 5 atom stereocenters. The maximum Gasteiger partial charge on any atom is 0.412 e. The van der Waals surface area contributed by atoms with E-state index in [-0.39, 0.29) is 25.3 Å². The first-order chi connectivity index (χ1) is 18.2. The molecule has 16 nitrogen and oxygen atoms in total. The molecule has 1 fully saturated rings. The van der Waals surface area contributed by atoms with Gasteiger partial charge in [-0.25, -0.2) is 9.59 Å². The molecule has 1 aromatic carbocycles. The summed E-state index contributed by atoms with van der Waals surface area (Å²) in [7, 11) is 0. The second kappa shape index (κ2) is 15.3. The number of carbonyl (C=O) groups is 3. The molecule has 0 spiro atoms. The molecule has 38 heavy (non-hydrogen) atoms. The zero-order chi connectivity index (χ0) is 28.1. The average Bonchev–Trinajstić information content (AvgIpc) is 2.87. The fraction of sp³-hybridized carbons (Fsp3) is 0.476. The number of hydrogen-bond donors (Lipinski definition) is 4. The maximum atomic E-state index is 12.8. The monoisotopic (exact) mass is 553 g/mol. The molecule has 1 aromatic rings. The Hall–Kier alpha value is -4.05. The molecule has 0 unspecified atom stereocenters. The van der Waals surface area contributed by atoms with Crippen LogP contribution < -0.4 is 16.4 Å². The molecule has 206 valence electrons. The van der Waals surface area contributed by atoms with Crippen LogP contribution >= 0.6 is 11.8 Å². The summed E-state index contributed by atoms with van der Waals surface area (Å²) in [5, 5.41) is 30.4. The minimum Gasteiger partial charge on any atom is -0.445 e. The number of nitro groups is 1. The summed E-state index contributed by atoms with van der Waals surface area (Å²) >= 11 is 1.13. The molecular formula is C21H27N7O9S. The Morgan fingerprint density at radius 2 is 2.11 bits per heavy atom. The molecule has 2 rings (SSSR count). The maximum absolute atomic E-state index is 12.8. The molecule has 0 aliphatic carbocycles. The lowest BCUT2D eigenvalue weighted by molar-refractivity contribution is -0.383. The third kappa shape index (κ3) is 9.11. The summed E-state index contributed by atoms with van der Waals surface area (Å²) in [5.41, 5.74) is 12.4. The van der Waals surface area contributed by atoms with Crippen LogP contribution in [-0.2, 0) is 19.0 Å². The van der Waals surface area contributed by atoms with Crippen LogP contribution in [0.4, 0.5) is 21.0 Å². The van der Waals surface area contributed by atoms with Crippen LogP contribution in [0.25, 0.3) is 10.4 Å². The third-order valence-electron chi connectivity index (χ3n) is 5.05. The summed E-state index contributed by atoms with van der Waals surface area (Å²) < 4.78 is 16.2. The number of nitrogens with one attached hydrogen (secondary N) is 2. The second-order valence-electron chi connectivity index (χ2n) is 7.71. The molecule has 1 saturated heterocycles. The number of benzene rings is 1. The Balaban J connectivity index is 2.32. The van der Waals surface area contributed by atoms with Crippen LogP contribution in [0.15, 0.2) is 42.0 Å². The smallest absolute Gasteiger partial charge is 0.412 e. The highest BCUT2D eigenvalue weighted by atomic mass is 32.2. The standard InChI is InChI=1S/C21H27N7O9S/c1-2-9-35-20(31)26-16-18(37-21(32)25-12-6-3-4-7-13(12)28(33)34)17(30)14(11-24-27-23)36-19(16)38-10-5-8-15(22)29/h2-4,6-7,14,16-19,30H,1,5,8-11H2,(H2,22,29)(H,25,32)(H,26,31)/t14-,16-,17+,18-,19-/m1/s1. The first kappa shape index (κ1) is 30.2. The van der Waals surface area contributed by atoms with Gasteiger partial charge in [0.1, 0.15) is 29.9 Å². The molecule has 1 heterocycles. The first-order valence-corrected chi connectivity index (χ1v) is 12.2. The number of thioether (sulfide) groups is 1. The zero-order valence-corrected chi connectivity index (χ0v) is 20.8. The van der Waals surface area contributed by atoms with Crippen LogP contribution in [-0.4, -0.2) is 76.8 Å². The number of rotatable bonds is 13. The van der Waals surface area contributed by atoms with Crippen LogP contribution in [0.1, 0.15) is 12.8 Å². The van der Waals surface area contributed by atoms with Gasteiger partial charge in [0.05, 0.1) is 17.6 Å². The van der Waals surface area contributed by atoms with E-state index in [9.17, 15) is 29.6 Å². The van der Waals surface area contributed by atoms with Crippen molar-refractivity contribution in [1.29, 1.82) is 0 Å². The van der Waals surface area contributed by atoms with Crippen molar-refractivity contribution in [3.8, 4) is 0 Å². The van der Waals surface area contributed by atoms with Gasteiger partial charge < -0.3 is 30.4 Å². The first-order valence-electron chi connectivity index (χ1n) is 11.2. The zero-order valence-electron chi connectivity index (χ0n) is 20.0. The van der Waals surface area contributed by atoms with Gasteiger partial charge in [-0.15, -0.1) is 11.8 Å². The predicted molar refractivity (Wildman–Crippen MR) is 135 cm³/mol. The largest absolute Gasteiger partial charge is 0.445 e. The van der Waals surface area contributed by atoms with Crippen molar-refractivity contribution >= 4 is 41.2 Å². The Morgan fingerprint density at radius 3 is 2.76 bits per heavy atom. The molecule has 3 amide bonds. The van der Waals surface area contributed by atoms with Gasteiger partial charge in [0.25, 0.3) is 5.69 Å². The lowest BCUT2D eigenvalue weighted by Crippen LogP contribution is -2.64. The summed E-state index contributed by atoms with van der Waals surface area (Å²) in [4.78, 5) is 49.4. The highest BCUT2D eigenvalue weighted by molar-refractivity contribution is 7.99. The molecule has 5 N–H and O–H groups in total. The molecule has 0 radical (unpaired) electrons. The van der Waals surface area contributed by atoms with Gasteiger partial charge in [-0.05, 0) is 23.8 Å². The van der Waals surface area contributed by atoms with Gasteiger partial charge in [0, 0.05) is 17.4 Å². The van der Waals surface area contributed by atoms with E-state index in [4.69, 9.17) is 25.5 Å². The van der Waals surface area contributed by atoms with E-state index in [2.05, 4.69) is 27.2 Å². The van der Waals surface area contributed by atoms with Crippen molar-refractivity contribution < 1.29 is 38.6 Å². The number of nitrogens with two attached hydrogens (primary N) is 1. The molecule has 0 bridgehead atoms. The van der Waals surface area contributed by atoms with Crippen molar-refractivity contribution in [1.82, 2.24) is 5.32 Å². The van der Waals surface area contributed by atoms with Crippen LogP contribution in [0.2, 0.25) is 0 Å². The number of para-hydroxylation sites is 2. The quantitative estimate of drug-likeness (QED) is 0.0527. The van der Waals surface area contributed by atoms with Crippen molar-refractivity contribution in [2.24, 2.45) is 10.8 Å². The average molecular weight is 554 g/mol. The highest BCUT2D eigenvalue weighted by Gasteiger charge is 2.48. The molecule has 1 aliphatic heterocycles. The van der Waals surface area contributed by atoms with Crippen molar-refractivity contribution in [3.05, 3.63) is 57.5 Å². The molecule has 17 heteroatoms. The summed E-state index contributed by atoms with van der Waals surface area (Å²) in [5.74, 6) is -0.185. The minimum absolute atomic E-state index is 0.0855. The fourth-order valence-corrected chi connectivity index (χ4v) is 4.58. The number of aliphatic hydroxyl groups excluding tert-OH is 1. The topological polar surface area (TPSA) is 241 Å². The summed E-state index contributed by atoms with van der Waals surface area (Å²) in [6.45, 7) is 2.97. The van der Waals surface area contributed by atoms with E-state index in [0.29, 0.717) is 12.2 Å². The van der Waals surface area contributed by atoms with Crippen molar-refractivity contribution in [2.75, 3.05) is 24.2 Å². The van der Waals surface area contributed by atoms with E-state index < -0.39 is 58.5 Å². The number of aliphatic hydroxyl groups is 1. The number of hydrogen-bond acceptors (Lipinski definition) is 11. The van der Waals surface area contributed by atoms with Crippen molar-refractivity contribution in [2.45, 2.75) is 42.6 Å². The molecular weight excluding hydrogens is 526 g/mol. The Morgan fingerprint density at radius 1 is 1.37 bits per heavy atom. The highest BCUT2D eigenvalue weighted by Crippen LogP contribution is 2.32. The number of primary amides is 1. The van der Waals surface area contributed by atoms with E-state index in [1.165, 1.54) is 30.3 Å². The Kier molecular flexibility index (Phi) is 12.1.